The Kier molecular flexibility index (Phi) is 4.62. The van der Waals surface area contributed by atoms with Crippen LogP contribution in [0, 0.1) is 5.92 Å². The monoisotopic (exact) mass is 298 g/mol. The van der Waals surface area contributed by atoms with Gasteiger partial charge in [-0.3, -0.25) is 10.8 Å². The predicted molar refractivity (Wildman–Crippen MR) is 78.4 cm³/mol. The van der Waals surface area contributed by atoms with E-state index in [0.29, 0.717) is 11.6 Å². The van der Waals surface area contributed by atoms with E-state index in [0.717, 1.165) is 19.3 Å². The Morgan fingerprint density at radius 2 is 2.10 bits per heavy atom. The zero-order valence-electron chi connectivity index (χ0n) is 11.9. The van der Waals surface area contributed by atoms with E-state index < -0.39 is 10.0 Å². The van der Waals surface area contributed by atoms with Crippen LogP contribution in [0.2, 0.25) is 0 Å². The Balaban J connectivity index is 2.34. The molecule has 1 aromatic heterocycles. The quantitative estimate of drug-likeness (QED) is 0.650. The average Bonchev–Trinajstić information content (AvgIpc) is 2.47. The molecule has 0 spiro atoms. The molecule has 1 heterocycles. The maximum Gasteiger partial charge on any atom is 0.246 e. The lowest BCUT2D eigenvalue weighted by atomic mass is 9.86. The summed E-state index contributed by atoms with van der Waals surface area (Å²) >= 11 is 0. The van der Waals surface area contributed by atoms with E-state index in [4.69, 9.17) is 5.84 Å². The van der Waals surface area contributed by atoms with Crippen LogP contribution in [0.5, 0.6) is 0 Å². The van der Waals surface area contributed by atoms with Crippen LogP contribution < -0.4 is 11.3 Å². The fourth-order valence-electron chi connectivity index (χ4n) is 2.88. The van der Waals surface area contributed by atoms with Crippen molar-refractivity contribution in [2.45, 2.75) is 43.5 Å². The van der Waals surface area contributed by atoms with E-state index in [1.165, 1.54) is 23.1 Å². The third-order valence-electron chi connectivity index (χ3n) is 4.13. The highest BCUT2D eigenvalue weighted by atomic mass is 32.2. The SMILES string of the molecule is CC1CCCCC1N(C)S(=O)(=O)c1cnccc1NN. The van der Waals surface area contributed by atoms with Crippen molar-refractivity contribution in [1.29, 1.82) is 0 Å². The first-order valence-corrected chi connectivity index (χ1v) is 8.31. The number of nitrogens with zero attached hydrogens (tertiary/aromatic N) is 2. The van der Waals surface area contributed by atoms with E-state index in [1.807, 2.05) is 0 Å². The summed E-state index contributed by atoms with van der Waals surface area (Å²) in [6.07, 6.45) is 7.08. The molecule has 1 saturated carbocycles. The van der Waals surface area contributed by atoms with E-state index in [9.17, 15) is 8.42 Å². The van der Waals surface area contributed by atoms with Gasteiger partial charge in [0.05, 0.1) is 5.69 Å². The van der Waals surface area contributed by atoms with Gasteiger partial charge < -0.3 is 5.43 Å². The lowest BCUT2D eigenvalue weighted by Crippen LogP contribution is -2.42. The van der Waals surface area contributed by atoms with Crippen LogP contribution in [0.1, 0.15) is 32.6 Å². The van der Waals surface area contributed by atoms with Crippen molar-refractivity contribution >= 4 is 15.7 Å². The first-order chi connectivity index (χ1) is 9.48. The van der Waals surface area contributed by atoms with Crippen molar-refractivity contribution in [3.05, 3.63) is 18.5 Å². The van der Waals surface area contributed by atoms with Crippen LogP contribution in [-0.2, 0) is 10.0 Å². The number of hydrogen-bond acceptors (Lipinski definition) is 5. The fraction of sp³-hybridized carbons (Fsp3) is 0.615. The van der Waals surface area contributed by atoms with E-state index in [2.05, 4.69) is 17.3 Å². The summed E-state index contributed by atoms with van der Waals surface area (Å²) in [4.78, 5) is 4.03. The highest BCUT2D eigenvalue weighted by Crippen LogP contribution is 2.32. The van der Waals surface area contributed by atoms with Crippen molar-refractivity contribution in [3.63, 3.8) is 0 Å². The molecule has 1 aliphatic rings. The van der Waals surface area contributed by atoms with Crippen molar-refractivity contribution < 1.29 is 8.42 Å². The number of aromatic nitrogens is 1. The molecule has 3 N–H and O–H groups in total. The minimum Gasteiger partial charge on any atom is -0.323 e. The van der Waals surface area contributed by atoms with Crippen LogP contribution in [0.4, 0.5) is 5.69 Å². The molecular formula is C13H22N4O2S. The Morgan fingerprint density at radius 1 is 1.40 bits per heavy atom. The van der Waals surface area contributed by atoms with Gasteiger partial charge in [-0.05, 0) is 24.8 Å². The molecule has 1 aliphatic carbocycles. The summed E-state index contributed by atoms with van der Waals surface area (Å²) in [5, 5.41) is 0. The molecule has 0 bridgehead atoms. The van der Waals surface area contributed by atoms with Gasteiger partial charge in [0.25, 0.3) is 0 Å². The highest BCUT2D eigenvalue weighted by molar-refractivity contribution is 7.89. The largest absolute Gasteiger partial charge is 0.323 e. The topological polar surface area (TPSA) is 88.3 Å². The molecule has 20 heavy (non-hydrogen) atoms. The van der Waals surface area contributed by atoms with E-state index >= 15 is 0 Å². The van der Waals surface area contributed by atoms with Gasteiger partial charge in [-0.15, -0.1) is 0 Å². The van der Waals surface area contributed by atoms with Crippen molar-refractivity contribution in [2.75, 3.05) is 12.5 Å². The minimum atomic E-state index is -3.59. The Bertz CT molecular complexity index is 561. The summed E-state index contributed by atoms with van der Waals surface area (Å²) in [5.74, 6) is 5.76. The second-order valence-electron chi connectivity index (χ2n) is 5.37. The summed E-state index contributed by atoms with van der Waals surface area (Å²) in [6, 6.07) is 1.60. The number of anilines is 1. The molecule has 0 aliphatic heterocycles. The summed E-state index contributed by atoms with van der Waals surface area (Å²) < 4.78 is 27.0. The second kappa shape index (κ2) is 6.07. The lowest BCUT2D eigenvalue weighted by Gasteiger charge is -2.35. The van der Waals surface area contributed by atoms with Crippen molar-refractivity contribution in [1.82, 2.24) is 9.29 Å². The van der Waals surface area contributed by atoms with Gasteiger partial charge in [0.15, 0.2) is 0 Å². The molecule has 1 aromatic rings. The lowest BCUT2D eigenvalue weighted by molar-refractivity contribution is 0.213. The van der Waals surface area contributed by atoms with E-state index in [-0.39, 0.29) is 10.9 Å². The molecule has 0 radical (unpaired) electrons. The highest BCUT2D eigenvalue weighted by Gasteiger charge is 2.34. The van der Waals surface area contributed by atoms with Crippen LogP contribution >= 0.6 is 0 Å². The smallest absolute Gasteiger partial charge is 0.246 e. The standard InChI is InChI=1S/C13H22N4O2S/c1-10-5-3-4-6-12(10)17(2)20(18,19)13-9-15-8-7-11(13)16-14/h7-10,12H,3-6,14H2,1-2H3,(H,15,16). The molecule has 6 nitrogen and oxygen atoms in total. The number of pyridine rings is 1. The molecule has 2 rings (SSSR count). The number of hydrazine groups is 1. The maximum atomic E-state index is 12.7. The van der Waals surface area contributed by atoms with Crippen molar-refractivity contribution in [3.8, 4) is 0 Å². The molecule has 2 atom stereocenters. The third-order valence-corrected chi connectivity index (χ3v) is 6.04. The van der Waals surface area contributed by atoms with Gasteiger partial charge in [0, 0.05) is 25.5 Å². The van der Waals surface area contributed by atoms with Gasteiger partial charge in [-0.25, -0.2) is 8.42 Å². The summed E-state index contributed by atoms with van der Waals surface area (Å²) in [7, 11) is -1.94. The Morgan fingerprint density at radius 3 is 2.75 bits per heavy atom. The number of nitrogens with one attached hydrogen (secondary N) is 1. The minimum absolute atomic E-state index is 0.0413. The van der Waals surface area contributed by atoms with Gasteiger partial charge >= 0.3 is 0 Å². The zero-order valence-corrected chi connectivity index (χ0v) is 12.7. The first kappa shape index (κ1) is 15.2. The van der Waals surface area contributed by atoms with Gasteiger partial charge in [0.2, 0.25) is 10.0 Å². The summed E-state index contributed by atoms with van der Waals surface area (Å²) in [6.45, 7) is 2.11. The molecular weight excluding hydrogens is 276 g/mol. The maximum absolute atomic E-state index is 12.7. The zero-order chi connectivity index (χ0) is 14.8. The summed E-state index contributed by atoms with van der Waals surface area (Å²) in [5.41, 5.74) is 2.80. The van der Waals surface area contributed by atoms with Crippen molar-refractivity contribution in [2.24, 2.45) is 11.8 Å². The Labute approximate surface area is 120 Å². The van der Waals surface area contributed by atoms with Gasteiger partial charge in [-0.1, -0.05) is 19.8 Å². The number of sulfonamides is 1. The normalized spacial score (nSPS) is 23.8. The predicted octanol–water partition coefficient (Wildman–Crippen LogP) is 1.57. The molecule has 1 fully saturated rings. The average molecular weight is 298 g/mol. The molecule has 0 saturated heterocycles. The molecule has 7 heteroatoms. The molecule has 0 aromatic carbocycles. The second-order valence-corrected chi connectivity index (χ2v) is 7.33. The third kappa shape index (κ3) is 2.79. The van der Waals surface area contributed by atoms with Crippen LogP contribution in [-0.4, -0.2) is 30.8 Å². The number of nitrogens with two attached hydrogens (primary N) is 1. The number of rotatable bonds is 4. The molecule has 112 valence electrons. The van der Waals surface area contributed by atoms with Crippen LogP contribution in [0.25, 0.3) is 0 Å². The molecule has 2 unspecified atom stereocenters. The first-order valence-electron chi connectivity index (χ1n) is 6.87. The number of nitrogen functional groups attached to an aromatic ring is 1. The Hall–Kier alpha value is -1.18. The van der Waals surface area contributed by atoms with E-state index in [1.54, 1.807) is 13.1 Å². The van der Waals surface area contributed by atoms with Gasteiger partial charge in [0.1, 0.15) is 4.90 Å². The molecule has 0 amide bonds. The number of hydrogen-bond donors (Lipinski definition) is 2. The van der Waals surface area contributed by atoms with Gasteiger partial charge in [-0.2, -0.15) is 4.31 Å². The van der Waals surface area contributed by atoms with Crippen LogP contribution in [0.3, 0.4) is 0 Å². The fourth-order valence-corrected chi connectivity index (χ4v) is 4.45. The van der Waals surface area contributed by atoms with Crippen LogP contribution in [0.15, 0.2) is 23.4 Å².